The van der Waals surface area contributed by atoms with E-state index in [-0.39, 0.29) is 11.3 Å². The zero-order valence-corrected chi connectivity index (χ0v) is 17.7. The number of ketones is 1. The fraction of sp³-hybridized carbons (Fsp3) is 0.333. The first-order valence-electron chi connectivity index (χ1n) is 10.4. The van der Waals surface area contributed by atoms with E-state index in [1.165, 1.54) is 0 Å². The standard InChI is InChI=1S/C24H26N2O5/c1-25(2)11-6-12-26-21(16-7-4-3-5-8-16)20(23(28)24(26)29)22(27)17-9-10-18-19(15-17)31-14-13-30-18/h3-5,7-10,15,21,27H,6,11-14H2,1-2H3/t21-/m1/s1. The van der Waals surface area contributed by atoms with Crippen LogP contribution in [0.15, 0.2) is 54.1 Å². The van der Waals surface area contributed by atoms with E-state index < -0.39 is 17.7 Å². The highest BCUT2D eigenvalue weighted by molar-refractivity contribution is 6.46. The Morgan fingerprint density at radius 2 is 1.77 bits per heavy atom. The van der Waals surface area contributed by atoms with Crippen LogP contribution < -0.4 is 9.47 Å². The van der Waals surface area contributed by atoms with Gasteiger partial charge in [0.2, 0.25) is 0 Å². The smallest absolute Gasteiger partial charge is 0.295 e. The van der Waals surface area contributed by atoms with E-state index in [0.717, 1.165) is 12.1 Å². The number of likely N-dealkylation sites (tertiary alicyclic amines) is 1. The van der Waals surface area contributed by atoms with Crippen molar-refractivity contribution >= 4 is 17.4 Å². The predicted molar refractivity (Wildman–Crippen MR) is 116 cm³/mol. The molecule has 2 heterocycles. The molecule has 0 bridgehead atoms. The Hall–Kier alpha value is -3.32. The van der Waals surface area contributed by atoms with Crippen molar-refractivity contribution in [1.29, 1.82) is 0 Å². The van der Waals surface area contributed by atoms with Gasteiger partial charge in [0.05, 0.1) is 11.6 Å². The van der Waals surface area contributed by atoms with E-state index >= 15 is 0 Å². The molecule has 2 aromatic carbocycles. The van der Waals surface area contributed by atoms with E-state index in [1.807, 2.05) is 49.3 Å². The first-order valence-corrected chi connectivity index (χ1v) is 10.4. The van der Waals surface area contributed by atoms with Crippen molar-refractivity contribution in [3.63, 3.8) is 0 Å². The maximum Gasteiger partial charge on any atom is 0.295 e. The first kappa shape index (κ1) is 20.9. The van der Waals surface area contributed by atoms with Crippen molar-refractivity contribution in [1.82, 2.24) is 9.80 Å². The molecular formula is C24H26N2O5. The molecule has 7 heteroatoms. The molecule has 4 rings (SSSR count). The summed E-state index contributed by atoms with van der Waals surface area (Å²) in [5.74, 6) is -0.379. The van der Waals surface area contributed by atoms with Gasteiger partial charge in [-0.2, -0.15) is 0 Å². The lowest BCUT2D eigenvalue weighted by molar-refractivity contribution is -0.139. The van der Waals surface area contributed by atoms with Crippen LogP contribution in [-0.2, 0) is 9.59 Å². The molecule has 0 spiro atoms. The topological polar surface area (TPSA) is 79.3 Å². The monoisotopic (exact) mass is 422 g/mol. The first-order chi connectivity index (χ1) is 15.0. The molecule has 2 aliphatic heterocycles. The molecule has 1 N–H and O–H groups in total. The summed E-state index contributed by atoms with van der Waals surface area (Å²) in [7, 11) is 3.93. The van der Waals surface area contributed by atoms with Crippen LogP contribution in [0.2, 0.25) is 0 Å². The highest BCUT2D eigenvalue weighted by Crippen LogP contribution is 2.41. The summed E-state index contributed by atoms with van der Waals surface area (Å²) in [5.41, 5.74) is 1.29. The Morgan fingerprint density at radius 1 is 1.06 bits per heavy atom. The van der Waals surface area contributed by atoms with Crippen LogP contribution in [0.4, 0.5) is 0 Å². The second-order valence-corrected chi connectivity index (χ2v) is 7.92. The number of Topliss-reactive ketones (excluding diaryl/α,β-unsaturated/α-hetero) is 1. The van der Waals surface area contributed by atoms with E-state index in [0.29, 0.717) is 43.2 Å². The Labute approximate surface area is 181 Å². The number of aliphatic hydroxyl groups excluding tert-OH is 1. The lowest BCUT2D eigenvalue weighted by atomic mass is 9.95. The van der Waals surface area contributed by atoms with Gasteiger partial charge in [-0.25, -0.2) is 0 Å². The average molecular weight is 422 g/mol. The van der Waals surface area contributed by atoms with Gasteiger partial charge in [-0.15, -0.1) is 0 Å². The van der Waals surface area contributed by atoms with Crippen molar-refractivity contribution in [2.75, 3.05) is 40.4 Å². The SMILES string of the molecule is CN(C)CCCN1C(=O)C(=O)C(=C(O)c2ccc3c(c2)OCCO3)[C@H]1c1ccccc1. The summed E-state index contributed by atoms with van der Waals surface area (Å²) in [6.45, 7) is 2.08. The molecule has 1 amide bonds. The maximum atomic E-state index is 13.0. The number of hydrogen-bond acceptors (Lipinski definition) is 6. The minimum Gasteiger partial charge on any atom is -0.507 e. The largest absolute Gasteiger partial charge is 0.507 e. The van der Waals surface area contributed by atoms with Crippen molar-refractivity contribution in [2.45, 2.75) is 12.5 Å². The van der Waals surface area contributed by atoms with Crippen molar-refractivity contribution in [3.8, 4) is 11.5 Å². The number of nitrogens with zero attached hydrogens (tertiary/aromatic N) is 2. The van der Waals surface area contributed by atoms with Gasteiger partial charge >= 0.3 is 0 Å². The number of carbonyl (C=O) groups excluding carboxylic acids is 2. The van der Waals surface area contributed by atoms with Crippen LogP contribution in [0.5, 0.6) is 11.5 Å². The van der Waals surface area contributed by atoms with Crippen LogP contribution in [0.25, 0.3) is 5.76 Å². The van der Waals surface area contributed by atoms with Crippen molar-refractivity contribution < 1.29 is 24.2 Å². The zero-order valence-electron chi connectivity index (χ0n) is 17.7. The fourth-order valence-electron chi connectivity index (χ4n) is 4.00. The molecule has 2 aliphatic rings. The molecule has 0 unspecified atom stereocenters. The lowest BCUT2D eigenvalue weighted by Crippen LogP contribution is -2.32. The molecule has 1 fully saturated rings. The molecule has 162 valence electrons. The number of fused-ring (bicyclic) bond motifs is 1. The summed E-state index contributed by atoms with van der Waals surface area (Å²) in [6.07, 6.45) is 0.716. The number of carbonyl (C=O) groups is 2. The summed E-state index contributed by atoms with van der Waals surface area (Å²) in [4.78, 5) is 29.5. The van der Waals surface area contributed by atoms with Crippen LogP contribution >= 0.6 is 0 Å². The second kappa shape index (κ2) is 8.81. The highest BCUT2D eigenvalue weighted by Gasteiger charge is 2.45. The van der Waals surface area contributed by atoms with Crippen LogP contribution in [0.3, 0.4) is 0 Å². The average Bonchev–Trinajstić information content (AvgIpc) is 3.03. The van der Waals surface area contributed by atoms with Crippen LogP contribution in [-0.4, -0.2) is 67.0 Å². The van der Waals surface area contributed by atoms with Gasteiger partial charge in [-0.05, 0) is 50.8 Å². The Balaban J connectivity index is 1.76. The molecule has 31 heavy (non-hydrogen) atoms. The van der Waals surface area contributed by atoms with E-state index in [4.69, 9.17) is 9.47 Å². The molecule has 0 aromatic heterocycles. The summed E-state index contributed by atoms with van der Waals surface area (Å²) in [6, 6.07) is 13.7. The fourth-order valence-corrected chi connectivity index (χ4v) is 4.00. The van der Waals surface area contributed by atoms with E-state index in [2.05, 4.69) is 0 Å². The molecule has 1 atom stereocenters. The summed E-state index contributed by atoms with van der Waals surface area (Å²) < 4.78 is 11.1. The molecular weight excluding hydrogens is 396 g/mol. The second-order valence-electron chi connectivity index (χ2n) is 7.92. The van der Waals surface area contributed by atoms with Gasteiger partial charge in [0.15, 0.2) is 11.5 Å². The number of ether oxygens (including phenoxy) is 2. The predicted octanol–water partition coefficient (Wildman–Crippen LogP) is 2.83. The number of aliphatic hydroxyl groups is 1. The minimum atomic E-state index is -0.675. The molecule has 7 nitrogen and oxygen atoms in total. The van der Waals surface area contributed by atoms with Gasteiger partial charge in [-0.3, -0.25) is 9.59 Å². The minimum absolute atomic E-state index is 0.0951. The zero-order chi connectivity index (χ0) is 22.0. The van der Waals surface area contributed by atoms with E-state index in [9.17, 15) is 14.7 Å². The molecule has 2 aromatic rings. The van der Waals surface area contributed by atoms with Gasteiger partial charge in [0.25, 0.3) is 11.7 Å². The number of amides is 1. The van der Waals surface area contributed by atoms with E-state index in [1.54, 1.807) is 23.1 Å². The van der Waals surface area contributed by atoms with Gasteiger partial charge in [0.1, 0.15) is 19.0 Å². The van der Waals surface area contributed by atoms with Gasteiger partial charge in [0, 0.05) is 12.1 Å². The molecule has 0 aliphatic carbocycles. The van der Waals surface area contributed by atoms with Gasteiger partial charge in [-0.1, -0.05) is 30.3 Å². The van der Waals surface area contributed by atoms with Gasteiger partial charge < -0.3 is 24.4 Å². The third kappa shape index (κ3) is 4.14. The number of hydrogen-bond donors (Lipinski definition) is 1. The quantitative estimate of drug-likeness (QED) is 0.438. The molecule has 0 radical (unpaired) electrons. The Morgan fingerprint density at radius 3 is 2.48 bits per heavy atom. The maximum absolute atomic E-state index is 13.0. The van der Waals surface area contributed by atoms with Crippen LogP contribution in [0.1, 0.15) is 23.6 Å². The summed E-state index contributed by atoms with van der Waals surface area (Å²) in [5, 5.41) is 11.1. The van der Waals surface area contributed by atoms with Crippen molar-refractivity contribution in [3.05, 3.63) is 65.2 Å². The third-order valence-electron chi connectivity index (χ3n) is 5.48. The highest BCUT2D eigenvalue weighted by atomic mass is 16.6. The Kier molecular flexibility index (Phi) is 5.95. The molecule has 0 saturated carbocycles. The summed E-state index contributed by atoms with van der Waals surface area (Å²) >= 11 is 0. The van der Waals surface area contributed by atoms with Crippen molar-refractivity contribution in [2.24, 2.45) is 0 Å². The number of rotatable bonds is 6. The third-order valence-corrected chi connectivity index (χ3v) is 5.48. The Bertz CT molecular complexity index is 1020. The normalized spacial score (nSPS) is 19.8. The number of benzene rings is 2. The lowest BCUT2D eigenvalue weighted by Gasteiger charge is -2.26. The van der Waals surface area contributed by atoms with Crippen LogP contribution in [0, 0.1) is 0 Å². The molecule has 1 saturated heterocycles.